The van der Waals surface area contributed by atoms with E-state index in [-0.39, 0.29) is 11.8 Å². The van der Waals surface area contributed by atoms with Gasteiger partial charge in [-0.3, -0.25) is 9.59 Å². The van der Waals surface area contributed by atoms with E-state index < -0.39 is 5.97 Å². The highest BCUT2D eigenvalue weighted by atomic mass is 16.4. The Morgan fingerprint density at radius 1 is 1.06 bits per heavy atom. The van der Waals surface area contributed by atoms with Gasteiger partial charge in [-0.2, -0.15) is 0 Å². The molecule has 1 heterocycles. The first-order chi connectivity index (χ1) is 7.58. The summed E-state index contributed by atoms with van der Waals surface area (Å²) in [7, 11) is 0. The van der Waals surface area contributed by atoms with E-state index in [2.05, 4.69) is 0 Å². The lowest BCUT2D eigenvalue weighted by Gasteiger charge is -2.43. The van der Waals surface area contributed by atoms with Crippen molar-refractivity contribution in [2.75, 3.05) is 13.1 Å². The van der Waals surface area contributed by atoms with Gasteiger partial charge in [0.1, 0.15) is 0 Å². The molecule has 16 heavy (non-hydrogen) atoms. The van der Waals surface area contributed by atoms with E-state index in [9.17, 15) is 9.59 Å². The molecule has 4 nitrogen and oxygen atoms in total. The van der Waals surface area contributed by atoms with E-state index in [1.54, 1.807) is 6.92 Å². The predicted molar refractivity (Wildman–Crippen MR) is 56.6 cm³/mol. The van der Waals surface area contributed by atoms with E-state index in [1.165, 1.54) is 0 Å². The van der Waals surface area contributed by atoms with Gasteiger partial charge in [0.25, 0.3) is 0 Å². The first-order valence-electron chi connectivity index (χ1n) is 6.06. The number of hydrogen-bond acceptors (Lipinski definition) is 2. The first-order valence-corrected chi connectivity index (χ1v) is 6.06. The van der Waals surface area contributed by atoms with Gasteiger partial charge in [0.2, 0.25) is 5.91 Å². The van der Waals surface area contributed by atoms with Crippen LogP contribution in [-0.4, -0.2) is 35.0 Å². The zero-order chi connectivity index (χ0) is 11.4. The Labute approximate surface area is 94.6 Å². The average molecular weight is 223 g/mol. The number of nitrogens with zero attached hydrogens (tertiary/aromatic N) is 1. The second kappa shape index (κ2) is 3.22. The number of carboxylic acids is 1. The van der Waals surface area contributed by atoms with Crippen LogP contribution in [0.1, 0.15) is 19.8 Å². The summed E-state index contributed by atoms with van der Waals surface area (Å²) >= 11 is 0. The summed E-state index contributed by atoms with van der Waals surface area (Å²) in [5.41, 5.74) is 0. The molecule has 88 valence electrons. The molecule has 1 aliphatic heterocycles. The molecular weight excluding hydrogens is 206 g/mol. The first kappa shape index (κ1) is 10.1. The highest BCUT2D eigenvalue weighted by Crippen LogP contribution is 2.59. The fourth-order valence-electron chi connectivity index (χ4n) is 4.16. The zero-order valence-corrected chi connectivity index (χ0v) is 9.43. The lowest BCUT2D eigenvalue weighted by Crippen LogP contribution is -2.42. The summed E-state index contributed by atoms with van der Waals surface area (Å²) in [5, 5.41) is 9.02. The molecule has 4 heteroatoms. The smallest absolute Gasteiger partial charge is 0.306 e. The molecule has 0 aromatic rings. The van der Waals surface area contributed by atoms with Crippen LogP contribution in [0.4, 0.5) is 0 Å². The van der Waals surface area contributed by atoms with Crippen molar-refractivity contribution in [3.8, 4) is 0 Å². The van der Waals surface area contributed by atoms with Crippen molar-refractivity contribution < 1.29 is 14.7 Å². The zero-order valence-electron chi connectivity index (χ0n) is 9.43. The van der Waals surface area contributed by atoms with Crippen LogP contribution < -0.4 is 0 Å². The van der Waals surface area contributed by atoms with Crippen molar-refractivity contribution in [2.24, 2.45) is 29.6 Å². The molecule has 1 unspecified atom stereocenters. The molecular formula is C12H17NO3. The highest BCUT2D eigenvalue weighted by molar-refractivity contribution is 5.74. The molecule has 3 aliphatic rings. The molecule has 0 bridgehead atoms. The van der Waals surface area contributed by atoms with Crippen LogP contribution in [0.15, 0.2) is 0 Å². The summed E-state index contributed by atoms with van der Waals surface area (Å²) in [6, 6.07) is 0. The third kappa shape index (κ3) is 1.22. The minimum Gasteiger partial charge on any atom is -0.481 e. The molecule has 2 saturated carbocycles. The molecule has 5 atom stereocenters. The summed E-state index contributed by atoms with van der Waals surface area (Å²) < 4.78 is 0. The Balaban J connectivity index is 1.68. The third-order valence-electron chi connectivity index (χ3n) is 4.97. The third-order valence-corrected chi connectivity index (χ3v) is 4.97. The molecule has 0 aromatic carbocycles. The second-order valence-electron chi connectivity index (χ2n) is 5.59. The van der Waals surface area contributed by atoms with Gasteiger partial charge in [0.05, 0.1) is 5.92 Å². The average Bonchev–Trinajstić information content (AvgIpc) is 2.72. The molecule has 1 N–H and O–H groups in total. The maximum atomic E-state index is 11.3. The van der Waals surface area contributed by atoms with Crippen molar-refractivity contribution >= 4 is 11.9 Å². The van der Waals surface area contributed by atoms with E-state index >= 15 is 0 Å². The van der Waals surface area contributed by atoms with Crippen LogP contribution in [0.3, 0.4) is 0 Å². The van der Waals surface area contributed by atoms with Gasteiger partial charge < -0.3 is 10.0 Å². The number of carbonyl (C=O) groups is 2. The Morgan fingerprint density at radius 3 is 1.94 bits per heavy atom. The van der Waals surface area contributed by atoms with Gasteiger partial charge in [-0.25, -0.2) is 0 Å². The Hall–Kier alpha value is -1.06. The topological polar surface area (TPSA) is 57.6 Å². The number of carboxylic acid groups (broad SMARTS) is 1. The summed E-state index contributed by atoms with van der Waals surface area (Å²) in [6.45, 7) is 3.36. The van der Waals surface area contributed by atoms with Crippen LogP contribution in [0.25, 0.3) is 0 Å². The molecule has 2 aliphatic carbocycles. The number of fused-ring (bicyclic) bond motifs is 4. The van der Waals surface area contributed by atoms with Crippen LogP contribution in [-0.2, 0) is 9.59 Å². The van der Waals surface area contributed by atoms with Crippen molar-refractivity contribution in [1.82, 2.24) is 4.90 Å². The number of rotatable bonds is 1. The van der Waals surface area contributed by atoms with Crippen LogP contribution in [0.5, 0.6) is 0 Å². The number of likely N-dealkylation sites (tertiary alicyclic amines) is 1. The lowest BCUT2D eigenvalue weighted by atomic mass is 9.60. The number of aliphatic carboxylic acids is 1. The van der Waals surface area contributed by atoms with Crippen molar-refractivity contribution in [1.29, 1.82) is 0 Å². The summed E-state index contributed by atoms with van der Waals surface area (Å²) in [4.78, 5) is 24.2. The molecule has 0 aromatic heterocycles. The highest BCUT2D eigenvalue weighted by Gasteiger charge is 2.59. The number of carbonyl (C=O) groups excluding carboxylic acids is 1. The predicted octanol–water partition coefficient (Wildman–Crippen LogP) is 0.821. The fourth-order valence-corrected chi connectivity index (χ4v) is 4.16. The minimum atomic E-state index is -0.629. The van der Waals surface area contributed by atoms with Gasteiger partial charge in [0.15, 0.2) is 0 Å². The largest absolute Gasteiger partial charge is 0.481 e. The minimum absolute atomic E-state index is 0.119. The molecule has 1 saturated heterocycles. The van der Waals surface area contributed by atoms with Crippen LogP contribution in [0.2, 0.25) is 0 Å². The summed E-state index contributed by atoms with van der Waals surface area (Å²) in [5.74, 6) is 1.77. The quantitative estimate of drug-likeness (QED) is 0.716. The SMILES string of the molecule is CC(=O)N1C[C@@H]2[C@H]3CC(C(=O)O)C[C@H]3[C@@H]2C1. The van der Waals surface area contributed by atoms with Gasteiger partial charge in [-0.1, -0.05) is 0 Å². The van der Waals surface area contributed by atoms with Gasteiger partial charge in [-0.15, -0.1) is 0 Å². The standard InChI is InChI=1S/C12H17NO3/c1-6(14)13-4-10-8-2-7(12(15)16)3-9(8)11(10)5-13/h7-11H,2-5H2,1H3,(H,15,16)/t7?,8-,9+,10+,11-. The van der Waals surface area contributed by atoms with E-state index in [0.29, 0.717) is 23.7 Å². The molecule has 0 radical (unpaired) electrons. The normalized spacial score (nSPS) is 44.8. The second-order valence-corrected chi connectivity index (χ2v) is 5.59. The Kier molecular flexibility index (Phi) is 2.03. The lowest BCUT2D eigenvalue weighted by molar-refractivity contribution is -0.141. The Morgan fingerprint density at radius 2 is 1.56 bits per heavy atom. The molecule has 3 fully saturated rings. The monoisotopic (exact) mass is 223 g/mol. The van der Waals surface area contributed by atoms with E-state index in [0.717, 1.165) is 25.9 Å². The maximum Gasteiger partial charge on any atom is 0.306 e. The van der Waals surface area contributed by atoms with Gasteiger partial charge in [-0.05, 0) is 36.5 Å². The van der Waals surface area contributed by atoms with Crippen LogP contribution in [0, 0.1) is 29.6 Å². The molecule has 3 rings (SSSR count). The van der Waals surface area contributed by atoms with Gasteiger partial charge in [0, 0.05) is 20.0 Å². The van der Waals surface area contributed by atoms with E-state index in [4.69, 9.17) is 5.11 Å². The van der Waals surface area contributed by atoms with Crippen molar-refractivity contribution in [3.63, 3.8) is 0 Å². The number of hydrogen-bond donors (Lipinski definition) is 1. The van der Waals surface area contributed by atoms with Gasteiger partial charge >= 0.3 is 5.97 Å². The van der Waals surface area contributed by atoms with Crippen LogP contribution >= 0.6 is 0 Å². The van der Waals surface area contributed by atoms with Crippen molar-refractivity contribution in [3.05, 3.63) is 0 Å². The summed E-state index contributed by atoms with van der Waals surface area (Å²) in [6.07, 6.45) is 1.68. The maximum absolute atomic E-state index is 11.3. The Bertz CT molecular complexity index is 292. The van der Waals surface area contributed by atoms with Crippen molar-refractivity contribution in [2.45, 2.75) is 19.8 Å². The fraction of sp³-hybridized carbons (Fsp3) is 0.833. The number of amides is 1. The van der Waals surface area contributed by atoms with E-state index in [1.807, 2.05) is 4.90 Å². The molecule has 0 spiro atoms. The molecule has 1 amide bonds.